The van der Waals surface area contributed by atoms with E-state index in [2.05, 4.69) is 10.0 Å². The topological polar surface area (TPSA) is 84.5 Å². The van der Waals surface area contributed by atoms with E-state index in [-0.39, 0.29) is 11.5 Å². The van der Waals surface area contributed by atoms with Gasteiger partial charge in [-0.3, -0.25) is 4.79 Å². The first-order valence-corrected chi connectivity index (χ1v) is 11.0. The van der Waals surface area contributed by atoms with Gasteiger partial charge in [0.05, 0.1) is 4.90 Å². The Balaban J connectivity index is 1.58. The summed E-state index contributed by atoms with van der Waals surface area (Å²) in [5.74, 6) is -0.639. The van der Waals surface area contributed by atoms with Gasteiger partial charge in [-0.2, -0.15) is 4.72 Å². The number of hydrogen-bond donors (Lipinski definition) is 2. The lowest BCUT2D eigenvalue weighted by molar-refractivity contribution is -0.146. The molecule has 0 bridgehead atoms. The fraction of sp³-hybridized carbons (Fsp3) is 0.174. The first-order valence-electron chi connectivity index (χ1n) is 9.50. The van der Waals surface area contributed by atoms with E-state index in [9.17, 15) is 13.2 Å². The van der Waals surface area contributed by atoms with Gasteiger partial charge in [0, 0.05) is 11.4 Å². The van der Waals surface area contributed by atoms with Gasteiger partial charge in [-0.25, -0.2) is 8.42 Å². The van der Waals surface area contributed by atoms with Crippen molar-refractivity contribution in [3.8, 4) is 0 Å². The average molecular weight is 425 g/mol. The maximum absolute atomic E-state index is 12.6. The number of ether oxygens (including phenoxy) is 1. The summed E-state index contributed by atoms with van der Waals surface area (Å²) in [7, 11) is -3.86. The minimum atomic E-state index is -3.86. The van der Waals surface area contributed by atoms with Gasteiger partial charge in [0.1, 0.15) is 12.6 Å². The fourth-order valence-corrected chi connectivity index (χ4v) is 3.92. The highest BCUT2D eigenvalue weighted by atomic mass is 32.2. The van der Waals surface area contributed by atoms with Crippen LogP contribution in [-0.4, -0.2) is 20.4 Å². The van der Waals surface area contributed by atoms with Crippen LogP contribution in [0.15, 0.2) is 83.8 Å². The molecular weight excluding hydrogens is 400 g/mol. The first kappa shape index (κ1) is 21.5. The van der Waals surface area contributed by atoms with Crippen LogP contribution in [0.2, 0.25) is 0 Å². The Labute approximate surface area is 177 Å². The molecule has 0 amide bonds. The van der Waals surface area contributed by atoms with E-state index in [1.807, 2.05) is 61.5 Å². The number of esters is 1. The van der Waals surface area contributed by atoms with Gasteiger partial charge < -0.3 is 10.1 Å². The molecule has 156 valence electrons. The third-order valence-electron chi connectivity index (χ3n) is 4.41. The molecule has 0 saturated heterocycles. The molecule has 0 heterocycles. The molecule has 0 aromatic heterocycles. The zero-order chi connectivity index (χ0) is 21.6. The second-order valence-electron chi connectivity index (χ2n) is 6.95. The van der Waals surface area contributed by atoms with Crippen molar-refractivity contribution in [2.24, 2.45) is 0 Å². The van der Waals surface area contributed by atoms with Gasteiger partial charge in [-0.05, 0) is 55.8 Å². The van der Waals surface area contributed by atoms with Crippen LogP contribution in [0.3, 0.4) is 0 Å². The van der Waals surface area contributed by atoms with Crippen LogP contribution in [0, 0.1) is 6.92 Å². The number of sulfonamides is 1. The van der Waals surface area contributed by atoms with Crippen LogP contribution >= 0.6 is 0 Å². The first-order chi connectivity index (χ1) is 14.3. The van der Waals surface area contributed by atoms with Crippen LogP contribution in [0.1, 0.15) is 18.1 Å². The molecule has 30 heavy (non-hydrogen) atoms. The standard InChI is InChI=1S/C23H24N2O4S/c1-17-8-10-20(11-9-17)24-21-12-14-22(15-13-21)30(27,28)25-18(2)23(26)29-16-19-6-4-3-5-7-19/h3-15,18,24-25H,16H2,1-2H3/t18-/m1/s1. The summed E-state index contributed by atoms with van der Waals surface area (Å²) < 4.78 is 32.7. The SMILES string of the molecule is Cc1ccc(Nc2ccc(S(=O)(=O)N[C@H](C)C(=O)OCc3ccccc3)cc2)cc1. The lowest BCUT2D eigenvalue weighted by atomic mass is 10.2. The van der Waals surface area contributed by atoms with Crippen LogP contribution in [0.5, 0.6) is 0 Å². The highest BCUT2D eigenvalue weighted by Crippen LogP contribution is 2.19. The summed E-state index contributed by atoms with van der Waals surface area (Å²) in [6.07, 6.45) is 0. The zero-order valence-corrected chi connectivity index (χ0v) is 17.6. The molecule has 0 aliphatic heterocycles. The largest absolute Gasteiger partial charge is 0.460 e. The Kier molecular flexibility index (Phi) is 6.87. The molecule has 1 atom stereocenters. The van der Waals surface area contributed by atoms with Crippen molar-refractivity contribution in [2.45, 2.75) is 31.4 Å². The quantitative estimate of drug-likeness (QED) is 0.531. The van der Waals surface area contributed by atoms with Crippen LogP contribution in [-0.2, 0) is 26.2 Å². The Hall–Kier alpha value is -3.16. The van der Waals surface area contributed by atoms with Crippen LogP contribution in [0.25, 0.3) is 0 Å². The highest BCUT2D eigenvalue weighted by Gasteiger charge is 2.23. The maximum atomic E-state index is 12.6. The molecule has 0 saturated carbocycles. The average Bonchev–Trinajstić information content (AvgIpc) is 2.74. The van der Waals surface area contributed by atoms with Crippen molar-refractivity contribution in [1.29, 1.82) is 0 Å². The normalized spacial score (nSPS) is 12.2. The number of carbonyl (C=O) groups is 1. The fourth-order valence-electron chi connectivity index (χ4n) is 2.72. The highest BCUT2D eigenvalue weighted by molar-refractivity contribution is 7.89. The van der Waals surface area contributed by atoms with Gasteiger partial charge in [-0.1, -0.05) is 48.0 Å². The number of benzene rings is 3. The number of anilines is 2. The van der Waals surface area contributed by atoms with Gasteiger partial charge in [-0.15, -0.1) is 0 Å². The van der Waals surface area contributed by atoms with E-state index >= 15 is 0 Å². The predicted molar refractivity (Wildman–Crippen MR) is 117 cm³/mol. The summed E-state index contributed by atoms with van der Waals surface area (Å²) in [5, 5.41) is 3.21. The third kappa shape index (κ3) is 5.92. The molecular formula is C23H24N2O4S. The van der Waals surface area contributed by atoms with Crippen molar-refractivity contribution in [2.75, 3.05) is 5.32 Å². The maximum Gasteiger partial charge on any atom is 0.324 e. The van der Waals surface area contributed by atoms with Crippen molar-refractivity contribution in [3.63, 3.8) is 0 Å². The second kappa shape index (κ2) is 9.56. The van der Waals surface area contributed by atoms with Crippen molar-refractivity contribution in [1.82, 2.24) is 4.72 Å². The van der Waals surface area contributed by atoms with Gasteiger partial charge in [0.25, 0.3) is 0 Å². The molecule has 3 aromatic rings. The molecule has 2 N–H and O–H groups in total. The Morgan fingerprint density at radius 2 is 1.47 bits per heavy atom. The minimum absolute atomic E-state index is 0.0691. The van der Waals surface area contributed by atoms with Crippen molar-refractivity contribution in [3.05, 3.63) is 90.0 Å². The van der Waals surface area contributed by atoms with Crippen LogP contribution < -0.4 is 10.0 Å². The lowest BCUT2D eigenvalue weighted by Crippen LogP contribution is -2.39. The van der Waals surface area contributed by atoms with Gasteiger partial charge in [0.2, 0.25) is 10.0 Å². The smallest absolute Gasteiger partial charge is 0.324 e. The number of aryl methyl sites for hydroxylation is 1. The number of carbonyl (C=O) groups excluding carboxylic acids is 1. The summed E-state index contributed by atoms with van der Waals surface area (Å²) in [5.41, 5.74) is 3.65. The number of nitrogens with one attached hydrogen (secondary N) is 2. The molecule has 0 radical (unpaired) electrons. The zero-order valence-electron chi connectivity index (χ0n) is 16.8. The minimum Gasteiger partial charge on any atom is -0.460 e. The molecule has 0 fully saturated rings. The van der Waals surface area contributed by atoms with Crippen LogP contribution in [0.4, 0.5) is 11.4 Å². The summed E-state index contributed by atoms with van der Waals surface area (Å²) in [6, 6.07) is 22.4. The van der Waals surface area contributed by atoms with Crippen molar-refractivity contribution >= 4 is 27.4 Å². The Bertz CT molecular complexity index is 1080. The second-order valence-corrected chi connectivity index (χ2v) is 8.67. The van der Waals surface area contributed by atoms with Gasteiger partial charge in [0.15, 0.2) is 0 Å². The van der Waals surface area contributed by atoms with E-state index in [1.54, 1.807) is 12.1 Å². The van der Waals surface area contributed by atoms with E-state index in [1.165, 1.54) is 19.1 Å². The molecule has 0 spiro atoms. The van der Waals surface area contributed by atoms with E-state index < -0.39 is 22.0 Å². The summed E-state index contributed by atoms with van der Waals surface area (Å²) in [4.78, 5) is 12.2. The molecule has 0 aliphatic carbocycles. The van der Waals surface area contributed by atoms with E-state index in [4.69, 9.17) is 4.74 Å². The third-order valence-corrected chi connectivity index (χ3v) is 5.97. The van der Waals surface area contributed by atoms with E-state index in [0.717, 1.165) is 22.5 Å². The Morgan fingerprint density at radius 1 is 0.900 bits per heavy atom. The molecule has 3 rings (SSSR count). The monoisotopic (exact) mass is 424 g/mol. The van der Waals surface area contributed by atoms with Crippen molar-refractivity contribution < 1.29 is 17.9 Å². The van der Waals surface area contributed by atoms with Gasteiger partial charge >= 0.3 is 5.97 Å². The Morgan fingerprint density at radius 3 is 2.07 bits per heavy atom. The summed E-state index contributed by atoms with van der Waals surface area (Å²) in [6.45, 7) is 3.55. The number of rotatable bonds is 8. The molecule has 3 aromatic carbocycles. The molecule has 0 unspecified atom stereocenters. The summed E-state index contributed by atoms with van der Waals surface area (Å²) >= 11 is 0. The van der Waals surface area contributed by atoms with E-state index in [0.29, 0.717) is 0 Å². The predicted octanol–water partition coefficient (Wildman–Crippen LogP) is 4.15. The molecule has 7 heteroatoms. The lowest BCUT2D eigenvalue weighted by Gasteiger charge is -2.14. The molecule has 0 aliphatic rings. The number of hydrogen-bond acceptors (Lipinski definition) is 5. The molecule has 6 nitrogen and oxygen atoms in total.